The van der Waals surface area contributed by atoms with Crippen LogP contribution < -0.4 is 10.6 Å². The molecular weight excluding hydrogens is 284 g/mol. The quantitative estimate of drug-likeness (QED) is 0.810. The maximum atomic E-state index is 11.8. The van der Waals surface area contributed by atoms with Gasteiger partial charge in [0, 0.05) is 18.3 Å². The number of carboxylic acid groups (broad SMARTS) is 1. The van der Waals surface area contributed by atoms with Crippen molar-refractivity contribution in [2.24, 2.45) is 7.05 Å². The Balaban J connectivity index is 2.15. The molecule has 2 rings (SSSR count). The predicted octanol–water partition coefficient (Wildman–Crippen LogP) is 2.42. The molecular formula is C12H11ClN4O3. The van der Waals surface area contributed by atoms with Gasteiger partial charge in [0.25, 0.3) is 0 Å². The molecule has 0 saturated heterocycles. The van der Waals surface area contributed by atoms with Crippen molar-refractivity contribution in [3.05, 3.63) is 41.2 Å². The number of aryl methyl sites for hydroxylation is 1. The highest BCUT2D eigenvalue weighted by Gasteiger charge is 2.13. The van der Waals surface area contributed by atoms with Crippen LogP contribution in [0.5, 0.6) is 0 Å². The molecule has 0 aliphatic rings. The lowest BCUT2D eigenvalue weighted by Gasteiger charge is -2.09. The smallest absolute Gasteiger partial charge is 0.337 e. The third kappa shape index (κ3) is 3.27. The number of aromatic carboxylic acids is 1. The Morgan fingerprint density at radius 2 is 2.10 bits per heavy atom. The SMILES string of the molecule is Cn1cc(NC(=O)Nc2cc(Cl)ccc2C(=O)O)cn1. The van der Waals surface area contributed by atoms with Crippen LogP contribution in [0, 0.1) is 0 Å². The normalized spacial score (nSPS) is 10.1. The number of aromatic nitrogens is 2. The van der Waals surface area contributed by atoms with E-state index in [1.807, 2.05) is 0 Å². The van der Waals surface area contributed by atoms with Crippen molar-refractivity contribution in [3.8, 4) is 0 Å². The van der Waals surface area contributed by atoms with E-state index in [0.717, 1.165) is 0 Å². The standard InChI is InChI=1S/C12H11ClN4O3/c1-17-6-8(5-14-17)15-12(20)16-10-4-7(13)2-3-9(10)11(18)19/h2-6H,1H3,(H,18,19)(H2,15,16,20). The first-order chi connectivity index (χ1) is 9.45. The van der Waals surface area contributed by atoms with Crippen LogP contribution in [0.3, 0.4) is 0 Å². The van der Waals surface area contributed by atoms with E-state index in [0.29, 0.717) is 10.7 Å². The number of amides is 2. The molecule has 1 aromatic carbocycles. The molecule has 7 nitrogen and oxygen atoms in total. The molecule has 0 atom stereocenters. The molecule has 0 fully saturated rings. The molecule has 20 heavy (non-hydrogen) atoms. The van der Waals surface area contributed by atoms with E-state index in [1.54, 1.807) is 13.2 Å². The lowest BCUT2D eigenvalue weighted by Crippen LogP contribution is -2.20. The molecule has 0 saturated carbocycles. The van der Waals surface area contributed by atoms with Gasteiger partial charge < -0.3 is 15.7 Å². The van der Waals surface area contributed by atoms with Crippen LogP contribution in [0.1, 0.15) is 10.4 Å². The number of halogens is 1. The van der Waals surface area contributed by atoms with Crippen LogP contribution >= 0.6 is 11.6 Å². The van der Waals surface area contributed by atoms with Gasteiger partial charge in [-0.3, -0.25) is 4.68 Å². The second kappa shape index (κ2) is 5.62. The van der Waals surface area contributed by atoms with E-state index in [-0.39, 0.29) is 11.3 Å². The zero-order valence-corrected chi connectivity index (χ0v) is 11.2. The third-order valence-electron chi connectivity index (χ3n) is 2.42. The molecule has 2 amide bonds. The van der Waals surface area contributed by atoms with Gasteiger partial charge >= 0.3 is 12.0 Å². The highest BCUT2D eigenvalue weighted by atomic mass is 35.5. The van der Waals surface area contributed by atoms with Crippen molar-refractivity contribution < 1.29 is 14.7 Å². The van der Waals surface area contributed by atoms with Crippen molar-refractivity contribution in [3.63, 3.8) is 0 Å². The maximum Gasteiger partial charge on any atom is 0.337 e. The maximum absolute atomic E-state index is 11.8. The van der Waals surface area contributed by atoms with Gasteiger partial charge in [0.15, 0.2) is 0 Å². The van der Waals surface area contributed by atoms with Crippen LogP contribution in [0.4, 0.5) is 16.2 Å². The number of rotatable bonds is 3. The number of hydrogen-bond donors (Lipinski definition) is 3. The highest BCUT2D eigenvalue weighted by Crippen LogP contribution is 2.21. The summed E-state index contributed by atoms with van der Waals surface area (Å²) in [6.45, 7) is 0. The third-order valence-corrected chi connectivity index (χ3v) is 2.66. The molecule has 1 aromatic heterocycles. The summed E-state index contributed by atoms with van der Waals surface area (Å²) in [5, 5.41) is 18.2. The Bertz CT molecular complexity index is 668. The van der Waals surface area contributed by atoms with Gasteiger partial charge in [-0.15, -0.1) is 0 Å². The van der Waals surface area contributed by atoms with Gasteiger partial charge in [0.05, 0.1) is 23.1 Å². The van der Waals surface area contributed by atoms with Crippen LogP contribution in [0.15, 0.2) is 30.6 Å². The minimum absolute atomic E-state index is 0.0456. The first kappa shape index (κ1) is 13.9. The minimum Gasteiger partial charge on any atom is -0.478 e. The number of urea groups is 1. The monoisotopic (exact) mass is 294 g/mol. The Labute approximate surface area is 119 Å². The number of hydrogen-bond acceptors (Lipinski definition) is 3. The Morgan fingerprint density at radius 1 is 1.35 bits per heavy atom. The van der Waals surface area contributed by atoms with E-state index in [1.165, 1.54) is 29.1 Å². The van der Waals surface area contributed by atoms with Crippen molar-refractivity contribution in [1.29, 1.82) is 0 Å². The molecule has 0 bridgehead atoms. The molecule has 0 radical (unpaired) electrons. The van der Waals surface area contributed by atoms with Crippen molar-refractivity contribution >= 4 is 35.0 Å². The summed E-state index contributed by atoms with van der Waals surface area (Å²) < 4.78 is 1.53. The van der Waals surface area contributed by atoms with Crippen molar-refractivity contribution in [2.45, 2.75) is 0 Å². The van der Waals surface area contributed by atoms with Gasteiger partial charge in [0.1, 0.15) is 0 Å². The summed E-state index contributed by atoms with van der Waals surface area (Å²) in [6, 6.07) is 3.55. The Kier molecular flexibility index (Phi) is 3.90. The fourth-order valence-corrected chi connectivity index (χ4v) is 1.75. The topological polar surface area (TPSA) is 96.2 Å². The van der Waals surface area contributed by atoms with Crippen molar-refractivity contribution in [1.82, 2.24) is 9.78 Å². The minimum atomic E-state index is -1.15. The zero-order valence-electron chi connectivity index (χ0n) is 10.4. The summed E-state index contributed by atoms with van der Waals surface area (Å²) in [5.74, 6) is -1.15. The number of carbonyl (C=O) groups is 2. The summed E-state index contributed by atoms with van der Waals surface area (Å²) in [5.41, 5.74) is 0.561. The summed E-state index contributed by atoms with van der Waals surface area (Å²) in [7, 11) is 1.71. The lowest BCUT2D eigenvalue weighted by molar-refractivity contribution is 0.0698. The fraction of sp³-hybridized carbons (Fsp3) is 0.0833. The van der Waals surface area contributed by atoms with E-state index in [4.69, 9.17) is 16.7 Å². The number of nitrogens with zero attached hydrogens (tertiary/aromatic N) is 2. The number of benzene rings is 1. The zero-order chi connectivity index (χ0) is 14.7. The van der Waals surface area contributed by atoms with Gasteiger partial charge in [-0.1, -0.05) is 11.6 Å². The summed E-state index contributed by atoms with van der Waals surface area (Å²) in [4.78, 5) is 22.8. The molecule has 2 aromatic rings. The first-order valence-corrected chi connectivity index (χ1v) is 5.93. The molecule has 0 spiro atoms. The molecule has 0 aliphatic carbocycles. The van der Waals surface area contributed by atoms with E-state index in [9.17, 15) is 9.59 Å². The number of anilines is 2. The second-order valence-electron chi connectivity index (χ2n) is 3.98. The van der Waals surface area contributed by atoms with Crippen LogP contribution in [0.25, 0.3) is 0 Å². The van der Waals surface area contributed by atoms with Gasteiger partial charge in [-0.25, -0.2) is 9.59 Å². The second-order valence-corrected chi connectivity index (χ2v) is 4.41. The van der Waals surface area contributed by atoms with Gasteiger partial charge in [-0.2, -0.15) is 5.10 Å². The molecule has 0 unspecified atom stereocenters. The summed E-state index contributed by atoms with van der Waals surface area (Å²) in [6.07, 6.45) is 3.07. The number of carbonyl (C=O) groups excluding carboxylic acids is 1. The average molecular weight is 295 g/mol. The Morgan fingerprint density at radius 3 is 2.70 bits per heavy atom. The number of carboxylic acids is 1. The molecule has 104 valence electrons. The summed E-state index contributed by atoms with van der Waals surface area (Å²) >= 11 is 5.79. The van der Waals surface area contributed by atoms with Gasteiger partial charge in [0.2, 0.25) is 0 Å². The first-order valence-electron chi connectivity index (χ1n) is 5.55. The molecule has 1 heterocycles. The highest BCUT2D eigenvalue weighted by molar-refractivity contribution is 6.31. The van der Waals surface area contributed by atoms with Gasteiger partial charge in [-0.05, 0) is 18.2 Å². The van der Waals surface area contributed by atoms with E-state index < -0.39 is 12.0 Å². The Hall–Kier alpha value is -2.54. The number of nitrogens with one attached hydrogen (secondary N) is 2. The van der Waals surface area contributed by atoms with Crippen LogP contribution in [-0.4, -0.2) is 26.9 Å². The van der Waals surface area contributed by atoms with Crippen molar-refractivity contribution in [2.75, 3.05) is 10.6 Å². The average Bonchev–Trinajstić information content (AvgIpc) is 2.74. The molecule has 8 heteroatoms. The van der Waals surface area contributed by atoms with E-state index in [2.05, 4.69) is 15.7 Å². The molecule has 3 N–H and O–H groups in total. The fourth-order valence-electron chi connectivity index (χ4n) is 1.58. The van der Waals surface area contributed by atoms with Crippen LogP contribution in [0.2, 0.25) is 5.02 Å². The predicted molar refractivity (Wildman–Crippen MR) is 74.3 cm³/mol. The van der Waals surface area contributed by atoms with E-state index >= 15 is 0 Å². The molecule has 0 aliphatic heterocycles. The largest absolute Gasteiger partial charge is 0.478 e. The van der Waals surface area contributed by atoms with Crippen LogP contribution in [-0.2, 0) is 7.05 Å². The lowest BCUT2D eigenvalue weighted by atomic mass is 10.2.